The van der Waals surface area contributed by atoms with Crippen molar-refractivity contribution in [3.8, 4) is 12.3 Å². The normalized spacial score (nSPS) is 21.2. The lowest BCUT2D eigenvalue weighted by atomic mass is 10.1. The van der Waals surface area contributed by atoms with Gasteiger partial charge in [0, 0.05) is 5.56 Å². The predicted molar refractivity (Wildman–Crippen MR) is 78.1 cm³/mol. The van der Waals surface area contributed by atoms with Gasteiger partial charge in [0.25, 0.3) is 0 Å². The third-order valence-electron chi connectivity index (χ3n) is 3.29. The first-order valence-corrected chi connectivity index (χ1v) is 7.53. The smallest absolute Gasteiger partial charge is 0.243 e. The Morgan fingerprint density at radius 2 is 2.20 bits per heavy atom. The van der Waals surface area contributed by atoms with Gasteiger partial charge in [-0.2, -0.15) is 0 Å². The van der Waals surface area contributed by atoms with Gasteiger partial charge in [0.1, 0.15) is 5.25 Å². The summed E-state index contributed by atoms with van der Waals surface area (Å²) in [6.45, 7) is 3.38. The zero-order chi connectivity index (χ0) is 14.9. The van der Waals surface area contributed by atoms with Gasteiger partial charge in [0.15, 0.2) is 5.78 Å². The van der Waals surface area contributed by atoms with Crippen LogP contribution in [-0.4, -0.2) is 27.7 Å². The maximum Gasteiger partial charge on any atom is 0.243 e. The molecule has 20 heavy (non-hydrogen) atoms. The average molecular weight is 289 g/mol. The Hall–Kier alpha value is -1.93. The molecule has 5 heteroatoms. The molecule has 1 aliphatic heterocycles. The highest BCUT2D eigenvalue weighted by Crippen LogP contribution is 2.33. The Balaban J connectivity index is 2.62. The molecule has 0 spiro atoms. The van der Waals surface area contributed by atoms with Crippen LogP contribution in [0.15, 0.2) is 23.1 Å². The summed E-state index contributed by atoms with van der Waals surface area (Å²) in [6, 6.07) is 4.88. The molecular weight excluding hydrogens is 274 g/mol. The zero-order valence-corrected chi connectivity index (χ0v) is 12.2. The number of hydrogen-bond donors (Lipinski definition) is 0. The van der Waals surface area contributed by atoms with Crippen LogP contribution in [-0.2, 0) is 15.6 Å². The van der Waals surface area contributed by atoms with Crippen molar-refractivity contribution in [2.24, 2.45) is 0 Å². The molecule has 0 bridgehead atoms. The van der Waals surface area contributed by atoms with E-state index in [4.69, 9.17) is 6.42 Å². The van der Waals surface area contributed by atoms with Crippen molar-refractivity contribution < 1.29 is 13.8 Å². The number of Topliss-reactive ketones (excluding diaryl/α,β-unsaturated/α-hetero) is 1. The number of rotatable bonds is 3. The highest BCUT2D eigenvalue weighted by Gasteiger charge is 2.37. The summed E-state index contributed by atoms with van der Waals surface area (Å²) in [5.41, 5.74) is 0.967. The van der Waals surface area contributed by atoms with Crippen molar-refractivity contribution in [1.82, 2.24) is 0 Å². The summed E-state index contributed by atoms with van der Waals surface area (Å²) in [7, 11) is -1.40. The second kappa shape index (κ2) is 5.59. The molecule has 2 atom stereocenters. The molecule has 1 heterocycles. The number of benzene rings is 1. The van der Waals surface area contributed by atoms with Crippen molar-refractivity contribution >= 4 is 28.2 Å². The number of amides is 1. The molecule has 0 aliphatic carbocycles. The standard InChI is InChI=1S/C15H15NO3S/c1-4-8-16-12-9-11(10(3)17)6-7-14(12)20(19)13(5-2)15(16)18/h1,6-7,9,13H,5,8H2,2-3H3. The molecular formula is C15H15NO3S. The van der Waals surface area contributed by atoms with Crippen LogP contribution in [0.4, 0.5) is 5.69 Å². The van der Waals surface area contributed by atoms with Gasteiger partial charge in [-0.1, -0.05) is 18.9 Å². The van der Waals surface area contributed by atoms with Crippen LogP contribution in [0.2, 0.25) is 0 Å². The number of hydrogen-bond acceptors (Lipinski definition) is 3. The topological polar surface area (TPSA) is 54.5 Å². The first-order valence-electron chi connectivity index (χ1n) is 6.31. The number of anilines is 1. The van der Waals surface area contributed by atoms with E-state index in [9.17, 15) is 13.8 Å². The van der Waals surface area contributed by atoms with Crippen molar-refractivity contribution in [3.05, 3.63) is 23.8 Å². The Labute approximate surface area is 120 Å². The highest BCUT2D eigenvalue weighted by molar-refractivity contribution is 7.86. The van der Waals surface area contributed by atoms with E-state index >= 15 is 0 Å². The Bertz CT molecular complexity index is 645. The Morgan fingerprint density at radius 3 is 2.75 bits per heavy atom. The van der Waals surface area contributed by atoms with Gasteiger partial charge >= 0.3 is 0 Å². The molecule has 0 radical (unpaired) electrons. The lowest BCUT2D eigenvalue weighted by Gasteiger charge is -2.32. The first-order chi connectivity index (χ1) is 9.51. The fourth-order valence-corrected chi connectivity index (χ4v) is 3.73. The van der Waals surface area contributed by atoms with E-state index in [1.54, 1.807) is 18.2 Å². The number of nitrogens with zero attached hydrogens (tertiary/aromatic N) is 1. The third-order valence-corrected chi connectivity index (χ3v) is 5.12. The van der Waals surface area contributed by atoms with E-state index in [1.807, 2.05) is 6.92 Å². The quantitative estimate of drug-likeness (QED) is 0.629. The van der Waals surface area contributed by atoms with Gasteiger partial charge in [0.05, 0.1) is 27.9 Å². The van der Waals surface area contributed by atoms with Gasteiger partial charge in [-0.25, -0.2) is 0 Å². The molecule has 0 saturated carbocycles. The number of fused-ring (bicyclic) bond motifs is 1. The lowest BCUT2D eigenvalue weighted by Crippen LogP contribution is -2.45. The van der Waals surface area contributed by atoms with E-state index in [0.717, 1.165) is 0 Å². The van der Waals surface area contributed by atoms with Crippen molar-refractivity contribution in [2.75, 3.05) is 11.4 Å². The molecule has 104 valence electrons. The highest BCUT2D eigenvalue weighted by atomic mass is 32.2. The second-order valence-corrected chi connectivity index (χ2v) is 6.17. The van der Waals surface area contributed by atoms with Crippen molar-refractivity contribution in [2.45, 2.75) is 30.4 Å². The van der Waals surface area contributed by atoms with E-state index in [1.165, 1.54) is 11.8 Å². The van der Waals surface area contributed by atoms with Crippen molar-refractivity contribution in [3.63, 3.8) is 0 Å². The number of carbonyl (C=O) groups is 2. The summed E-state index contributed by atoms with van der Waals surface area (Å²) < 4.78 is 12.4. The van der Waals surface area contributed by atoms with Gasteiger partial charge in [-0.3, -0.25) is 18.7 Å². The van der Waals surface area contributed by atoms with Gasteiger partial charge in [-0.05, 0) is 25.5 Å². The molecule has 2 unspecified atom stereocenters. The van der Waals surface area contributed by atoms with Crippen LogP contribution in [0.1, 0.15) is 30.6 Å². The van der Waals surface area contributed by atoms with Crippen LogP contribution in [0.25, 0.3) is 0 Å². The summed E-state index contributed by atoms with van der Waals surface area (Å²) in [5, 5.41) is -0.570. The summed E-state index contributed by atoms with van der Waals surface area (Å²) in [5.74, 6) is 2.09. The first kappa shape index (κ1) is 14.5. The number of terminal acetylenes is 1. The van der Waals surface area contributed by atoms with Crippen LogP contribution in [0.5, 0.6) is 0 Å². The van der Waals surface area contributed by atoms with Crippen molar-refractivity contribution in [1.29, 1.82) is 0 Å². The monoisotopic (exact) mass is 289 g/mol. The minimum Gasteiger partial charge on any atom is -0.298 e. The maximum absolute atomic E-state index is 12.4. The van der Waals surface area contributed by atoms with E-state index < -0.39 is 16.0 Å². The minimum atomic E-state index is -1.40. The minimum absolute atomic E-state index is 0.107. The van der Waals surface area contributed by atoms with E-state index in [2.05, 4.69) is 5.92 Å². The number of carbonyl (C=O) groups excluding carboxylic acids is 2. The average Bonchev–Trinajstić information content (AvgIpc) is 2.43. The fourth-order valence-electron chi connectivity index (χ4n) is 2.24. The summed E-state index contributed by atoms with van der Waals surface area (Å²) >= 11 is 0. The largest absolute Gasteiger partial charge is 0.298 e. The van der Waals surface area contributed by atoms with Crippen LogP contribution < -0.4 is 4.90 Å². The predicted octanol–water partition coefficient (Wildman–Crippen LogP) is 1.76. The van der Waals surface area contributed by atoms with Gasteiger partial charge in [-0.15, -0.1) is 6.42 Å². The molecule has 0 saturated heterocycles. The molecule has 4 nitrogen and oxygen atoms in total. The summed E-state index contributed by atoms with van der Waals surface area (Å²) in [6.07, 6.45) is 5.80. The van der Waals surface area contributed by atoms with Crippen LogP contribution >= 0.6 is 0 Å². The molecule has 0 fully saturated rings. The molecule has 1 aromatic rings. The molecule has 1 aromatic carbocycles. The molecule has 1 amide bonds. The maximum atomic E-state index is 12.4. The van der Waals surface area contributed by atoms with Crippen LogP contribution in [0, 0.1) is 12.3 Å². The van der Waals surface area contributed by atoms with Gasteiger partial charge < -0.3 is 0 Å². The Kier molecular flexibility index (Phi) is 4.05. The van der Waals surface area contributed by atoms with Gasteiger partial charge in [0.2, 0.25) is 5.91 Å². The third kappa shape index (κ3) is 2.27. The molecule has 2 rings (SSSR count). The molecule has 0 aromatic heterocycles. The Morgan fingerprint density at radius 1 is 1.50 bits per heavy atom. The summed E-state index contributed by atoms with van der Waals surface area (Å²) in [4.78, 5) is 25.8. The van der Waals surface area contributed by atoms with E-state index in [0.29, 0.717) is 22.6 Å². The zero-order valence-electron chi connectivity index (χ0n) is 11.4. The fraction of sp³-hybridized carbons (Fsp3) is 0.333. The van der Waals surface area contributed by atoms with E-state index in [-0.39, 0.29) is 18.2 Å². The second-order valence-electron chi connectivity index (χ2n) is 4.56. The lowest BCUT2D eigenvalue weighted by molar-refractivity contribution is -0.118. The van der Waals surface area contributed by atoms with Crippen LogP contribution in [0.3, 0.4) is 0 Å². The SMILES string of the molecule is C#CCN1C(=O)C(CC)S(=O)c2ccc(C(C)=O)cc21. The molecule has 1 aliphatic rings. The molecule has 0 N–H and O–H groups in total. The number of ketones is 1.